The quantitative estimate of drug-likeness (QED) is 0.597. The average Bonchev–Trinajstić information content (AvgIpc) is 2.83. The molecule has 1 heterocycles. The number of nitrogens with zero attached hydrogens (tertiary/aromatic N) is 2. The Hall–Kier alpha value is -2.69. The van der Waals surface area contributed by atoms with E-state index >= 15 is 0 Å². The Bertz CT molecular complexity index is 867. The molecule has 4 heteroatoms. The predicted octanol–water partition coefficient (Wildman–Crippen LogP) is 4.51. The first-order chi connectivity index (χ1) is 14.8. The minimum atomic E-state index is 0.0658. The lowest BCUT2D eigenvalue weighted by Crippen LogP contribution is -2.52. The van der Waals surface area contributed by atoms with Gasteiger partial charge in [0.1, 0.15) is 0 Å². The van der Waals surface area contributed by atoms with E-state index in [2.05, 4.69) is 106 Å². The van der Waals surface area contributed by atoms with Crippen molar-refractivity contribution in [2.75, 3.05) is 32.7 Å². The molecule has 1 N–H and O–H groups in total. The number of piperazine rings is 1. The molecular formula is C26H29N3S. The van der Waals surface area contributed by atoms with Crippen LogP contribution in [-0.2, 0) is 6.42 Å². The topological polar surface area (TPSA) is 18.5 Å². The van der Waals surface area contributed by atoms with Crippen molar-refractivity contribution < 1.29 is 0 Å². The van der Waals surface area contributed by atoms with Crippen LogP contribution < -0.4 is 5.32 Å². The Morgan fingerprint density at radius 1 is 0.733 bits per heavy atom. The van der Waals surface area contributed by atoms with E-state index in [1.54, 1.807) is 0 Å². The van der Waals surface area contributed by atoms with E-state index in [1.807, 2.05) is 0 Å². The van der Waals surface area contributed by atoms with Gasteiger partial charge in [-0.15, -0.1) is 0 Å². The molecule has 1 aliphatic heterocycles. The molecule has 3 aromatic rings. The van der Waals surface area contributed by atoms with Crippen LogP contribution >= 0.6 is 12.2 Å². The van der Waals surface area contributed by atoms with Gasteiger partial charge in [-0.3, -0.25) is 4.90 Å². The van der Waals surface area contributed by atoms with Gasteiger partial charge in [-0.05, 0) is 35.3 Å². The van der Waals surface area contributed by atoms with Gasteiger partial charge in [-0.1, -0.05) is 91.0 Å². The van der Waals surface area contributed by atoms with Gasteiger partial charge < -0.3 is 10.2 Å². The first-order valence-corrected chi connectivity index (χ1v) is 11.1. The normalized spacial score (nSPS) is 14.6. The van der Waals surface area contributed by atoms with E-state index in [-0.39, 0.29) is 6.04 Å². The summed E-state index contributed by atoms with van der Waals surface area (Å²) in [6, 6.07) is 31.9. The van der Waals surface area contributed by atoms with E-state index in [4.69, 9.17) is 12.2 Å². The molecule has 3 nitrogen and oxygen atoms in total. The average molecular weight is 416 g/mol. The van der Waals surface area contributed by atoms with Gasteiger partial charge in [0, 0.05) is 32.7 Å². The molecule has 0 atom stereocenters. The maximum absolute atomic E-state index is 5.83. The highest BCUT2D eigenvalue weighted by molar-refractivity contribution is 7.80. The Morgan fingerprint density at radius 2 is 1.23 bits per heavy atom. The summed E-state index contributed by atoms with van der Waals surface area (Å²) in [4.78, 5) is 4.85. The second kappa shape index (κ2) is 10.4. The molecule has 154 valence electrons. The van der Waals surface area contributed by atoms with Crippen molar-refractivity contribution in [3.05, 3.63) is 108 Å². The largest absolute Gasteiger partial charge is 0.352 e. The van der Waals surface area contributed by atoms with E-state index in [0.29, 0.717) is 0 Å². The monoisotopic (exact) mass is 415 g/mol. The third-order valence-corrected chi connectivity index (χ3v) is 6.13. The van der Waals surface area contributed by atoms with Crippen LogP contribution in [0.3, 0.4) is 0 Å². The Kier molecular flexibility index (Phi) is 7.11. The summed E-state index contributed by atoms with van der Waals surface area (Å²) < 4.78 is 0. The maximum Gasteiger partial charge on any atom is 0.169 e. The van der Waals surface area contributed by atoms with Crippen LogP contribution in [0.5, 0.6) is 0 Å². The van der Waals surface area contributed by atoms with Crippen LogP contribution in [0.15, 0.2) is 91.0 Å². The van der Waals surface area contributed by atoms with Gasteiger partial charge in [-0.25, -0.2) is 0 Å². The first kappa shape index (κ1) is 20.6. The summed E-state index contributed by atoms with van der Waals surface area (Å²) in [7, 11) is 0. The fourth-order valence-electron chi connectivity index (χ4n) is 3.97. The van der Waals surface area contributed by atoms with E-state index in [1.165, 1.54) is 16.7 Å². The third-order valence-electron chi connectivity index (χ3n) is 5.75. The minimum Gasteiger partial charge on any atom is -0.352 e. The summed E-state index contributed by atoms with van der Waals surface area (Å²) in [5, 5.41) is 4.47. The van der Waals surface area contributed by atoms with E-state index in [0.717, 1.165) is 44.3 Å². The Morgan fingerprint density at radius 3 is 1.77 bits per heavy atom. The first-order valence-electron chi connectivity index (χ1n) is 10.7. The molecule has 1 saturated heterocycles. The van der Waals surface area contributed by atoms with Crippen molar-refractivity contribution in [2.24, 2.45) is 0 Å². The SMILES string of the molecule is S=C(NC(c1ccccc1)c1ccccc1)N1CCN(CCc2ccccc2)CC1. The molecule has 1 aliphatic rings. The van der Waals surface area contributed by atoms with E-state index in [9.17, 15) is 0 Å². The van der Waals surface area contributed by atoms with Crippen molar-refractivity contribution in [3.63, 3.8) is 0 Å². The van der Waals surface area contributed by atoms with Gasteiger partial charge in [0.2, 0.25) is 0 Å². The van der Waals surface area contributed by atoms with Crippen molar-refractivity contribution in [1.82, 2.24) is 15.1 Å². The number of rotatable bonds is 6. The minimum absolute atomic E-state index is 0.0658. The molecule has 30 heavy (non-hydrogen) atoms. The summed E-state index contributed by atoms with van der Waals surface area (Å²) in [6.07, 6.45) is 1.10. The highest BCUT2D eigenvalue weighted by Crippen LogP contribution is 2.22. The molecule has 0 saturated carbocycles. The summed E-state index contributed by atoms with van der Waals surface area (Å²) in [5.74, 6) is 0. The molecule has 0 unspecified atom stereocenters. The summed E-state index contributed by atoms with van der Waals surface area (Å²) in [5.41, 5.74) is 3.87. The van der Waals surface area contributed by atoms with Crippen LogP contribution in [0.1, 0.15) is 22.7 Å². The Labute approximate surface area is 185 Å². The lowest BCUT2D eigenvalue weighted by Gasteiger charge is -2.37. The van der Waals surface area contributed by atoms with Crippen LogP contribution in [0.4, 0.5) is 0 Å². The van der Waals surface area contributed by atoms with Crippen LogP contribution in [0, 0.1) is 0 Å². The smallest absolute Gasteiger partial charge is 0.169 e. The van der Waals surface area contributed by atoms with Gasteiger partial charge in [0.15, 0.2) is 5.11 Å². The van der Waals surface area contributed by atoms with Gasteiger partial charge in [0.25, 0.3) is 0 Å². The molecule has 0 radical (unpaired) electrons. The van der Waals surface area contributed by atoms with Crippen molar-refractivity contribution in [2.45, 2.75) is 12.5 Å². The number of hydrogen-bond donors (Lipinski definition) is 1. The molecule has 0 aromatic heterocycles. The number of nitrogens with one attached hydrogen (secondary N) is 1. The zero-order chi connectivity index (χ0) is 20.6. The number of thiocarbonyl (C=S) groups is 1. The molecule has 4 rings (SSSR count). The number of benzene rings is 3. The van der Waals surface area contributed by atoms with Gasteiger partial charge >= 0.3 is 0 Å². The maximum atomic E-state index is 5.83. The third kappa shape index (κ3) is 5.47. The second-order valence-corrected chi connectivity index (χ2v) is 8.15. The van der Waals surface area contributed by atoms with Crippen molar-refractivity contribution in [1.29, 1.82) is 0 Å². The highest BCUT2D eigenvalue weighted by atomic mass is 32.1. The van der Waals surface area contributed by atoms with Crippen LogP contribution in [-0.4, -0.2) is 47.6 Å². The fraction of sp³-hybridized carbons (Fsp3) is 0.269. The van der Waals surface area contributed by atoms with Gasteiger partial charge in [0.05, 0.1) is 6.04 Å². The predicted molar refractivity (Wildman–Crippen MR) is 129 cm³/mol. The highest BCUT2D eigenvalue weighted by Gasteiger charge is 2.22. The lowest BCUT2D eigenvalue weighted by molar-refractivity contribution is 0.182. The van der Waals surface area contributed by atoms with Crippen molar-refractivity contribution in [3.8, 4) is 0 Å². The Balaban J connectivity index is 1.34. The molecule has 0 amide bonds. The second-order valence-electron chi connectivity index (χ2n) is 7.77. The van der Waals surface area contributed by atoms with E-state index < -0.39 is 0 Å². The molecule has 1 fully saturated rings. The summed E-state index contributed by atoms with van der Waals surface area (Å²) >= 11 is 5.83. The molecule has 0 bridgehead atoms. The van der Waals surface area contributed by atoms with Crippen LogP contribution in [0.25, 0.3) is 0 Å². The van der Waals surface area contributed by atoms with Gasteiger partial charge in [-0.2, -0.15) is 0 Å². The van der Waals surface area contributed by atoms with Crippen LogP contribution in [0.2, 0.25) is 0 Å². The zero-order valence-electron chi connectivity index (χ0n) is 17.3. The lowest BCUT2D eigenvalue weighted by atomic mass is 9.99. The molecule has 0 spiro atoms. The molecular weight excluding hydrogens is 386 g/mol. The zero-order valence-corrected chi connectivity index (χ0v) is 18.1. The molecule has 0 aliphatic carbocycles. The van der Waals surface area contributed by atoms with Crippen molar-refractivity contribution >= 4 is 17.3 Å². The fourth-order valence-corrected chi connectivity index (χ4v) is 4.27. The number of hydrogen-bond acceptors (Lipinski definition) is 2. The molecule has 3 aromatic carbocycles. The summed E-state index contributed by atoms with van der Waals surface area (Å²) in [6.45, 7) is 5.15. The standard InChI is InChI=1S/C26H29N3S/c30-26(27-25(23-12-6-2-7-13-23)24-14-8-3-9-15-24)29-20-18-28(19-21-29)17-16-22-10-4-1-5-11-22/h1-15,25H,16-21H2,(H,27,30).